The Labute approximate surface area is 77.0 Å². The van der Waals surface area contributed by atoms with Crippen molar-refractivity contribution in [2.75, 3.05) is 6.54 Å². The molecule has 70 valence electrons. The van der Waals surface area contributed by atoms with Gasteiger partial charge in [-0.2, -0.15) is 0 Å². The predicted octanol–water partition coefficient (Wildman–Crippen LogP) is 0.268. The molecule has 0 radical (unpaired) electrons. The Morgan fingerprint density at radius 3 is 3.00 bits per heavy atom. The monoisotopic (exact) mass is 179 g/mol. The first-order valence-electron chi connectivity index (χ1n) is 4.46. The Bertz CT molecular complexity index is 354. The number of fused-ring (bicyclic) bond motifs is 1. The van der Waals surface area contributed by atoms with Crippen molar-refractivity contribution in [3.8, 4) is 0 Å². The summed E-state index contributed by atoms with van der Waals surface area (Å²) in [4.78, 5) is 15.5. The Kier molecular flexibility index (Phi) is 1.92. The van der Waals surface area contributed by atoms with E-state index in [1.165, 1.54) is 5.69 Å². The van der Waals surface area contributed by atoms with Gasteiger partial charge in [0.25, 0.3) is 0 Å². The molecule has 2 rings (SSSR count). The zero-order valence-electron chi connectivity index (χ0n) is 7.92. The number of ketones is 1. The molecule has 0 fully saturated rings. The van der Waals surface area contributed by atoms with Crippen molar-refractivity contribution in [3.05, 3.63) is 17.2 Å². The molecule has 13 heavy (non-hydrogen) atoms. The van der Waals surface area contributed by atoms with E-state index in [9.17, 15) is 4.79 Å². The summed E-state index contributed by atoms with van der Waals surface area (Å²) in [5.74, 6) is 0.616. The van der Waals surface area contributed by atoms with E-state index in [-0.39, 0.29) is 5.78 Å². The third-order valence-corrected chi connectivity index (χ3v) is 2.44. The molecule has 1 aromatic heterocycles. The van der Waals surface area contributed by atoms with Crippen LogP contribution in [0.2, 0.25) is 0 Å². The second-order valence-electron chi connectivity index (χ2n) is 3.37. The first-order chi connectivity index (χ1) is 6.20. The van der Waals surface area contributed by atoms with Crippen LogP contribution in [-0.2, 0) is 20.0 Å². The van der Waals surface area contributed by atoms with Gasteiger partial charge in [-0.05, 0) is 0 Å². The molecule has 0 saturated heterocycles. The van der Waals surface area contributed by atoms with Gasteiger partial charge in [0.2, 0.25) is 0 Å². The van der Waals surface area contributed by atoms with E-state index in [1.807, 2.05) is 11.6 Å². The lowest BCUT2D eigenvalue weighted by Gasteiger charge is -2.12. The molecule has 4 nitrogen and oxygen atoms in total. The third-order valence-electron chi connectivity index (χ3n) is 2.44. The maximum absolute atomic E-state index is 11.2. The average Bonchev–Trinajstić information content (AvgIpc) is 2.45. The molecule has 4 heteroatoms. The largest absolute Gasteiger partial charge is 0.328 e. The highest BCUT2D eigenvalue weighted by Crippen LogP contribution is 2.14. The highest BCUT2D eigenvalue weighted by molar-refractivity contribution is 5.90. The quantitative estimate of drug-likeness (QED) is 0.629. The first kappa shape index (κ1) is 8.44. The fourth-order valence-corrected chi connectivity index (χ4v) is 1.77. The minimum Gasteiger partial charge on any atom is -0.328 e. The van der Waals surface area contributed by atoms with Gasteiger partial charge in [0.15, 0.2) is 11.6 Å². The van der Waals surface area contributed by atoms with Crippen molar-refractivity contribution in [2.24, 2.45) is 7.05 Å². The van der Waals surface area contributed by atoms with Gasteiger partial charge < -0.3 is 9.88 Å². The minimum absolute atomic E-state index is 0.0388. The second kappa shape index (κ2) is 2.96. The molecule has 0 unspecified atom stereocenters. The third kappa shape index (κ3) is 1.27. The van der Waals surface area contributed by atoms with Crippen LogP contribution in [0.4, 0.5) is 0 Å². The number of carbonyl (C=O) groups is 1. The van der Waals surface area contributed by atoms with E-state index in [0.717, 1.165) is 25.2 Å². The maximum Gasteiger partial charge on any atom is 0.195 e. The predicted molar refractivity (Wildman–Crippen MR) is 48.6 cm³/mol. The minimum atomic E-state index is 0.0388. The van der Waals surface area contributed by atoms with Crippen molar-refractivity contribution < 1.29 is 4.79 Å². The highest BCUT2D eigenvalue weighted by atomic mass is 16.1. The number of nitrogens with zero attached hydrogens (tertiary/aromatic N) is 2. The maximum atomic E-state index is 11.2. The summed E-state index contributed by atoms with van der Waals surface area (Å²) in [5.41, 5.74) is 2.22. The second-order valence-corrected chi connectivity index (χ2v) is 3.37. The lowest BCUT2D eigenvalue weighted by atomic mass is 10.2. The van der Waals surface area contributed by atoms with Crippen molar-refractivity contribution >= 4 is 5.78 Å². The van der Waals surface area contributed by atoms with Crippen molar-refractivity contribution in [3.63, 3.8) is 0 Å². The highest BCUT2D eigenvalue weighted by Gasteiger charge is 2.18. The van der Waals surface area contributed by atoms with Gasteiger partial charge in [0.1, 0.15) is 0 Å². The van der Waals surface area contributed by atoms with Crippen LogP contribution in [0.25, 0.3) is 0 Å². The number of carbonyl (C=O) groups excluding carboxylic acids is 1. The van der Waals surface area contributed by atoms with Crippen LogP contribution in [0.15, 0.2) is 0 Å². The van der Waals surface area contributed by atoms with Crippen LogP contribution >= 0.6 is 0 Å². The van der Waals surface area contributed by atoms with E-state index in [2.05, 4.69) is 10.3 Å². The zero-order valence-corrected chi connectivity index (χ0v) is 7.92. The lowest BCUT2D eigenvalue weighted by molar-refractivity contribution is 0.100. The van der Waals surface area contributed by atoms with Gasteiger partial charge in [0, 0.05) is 39.2 Å². The van der Waals surface area contributed by atoms with Crippen molar-refractivity contribution in [1.82, 2.24) is 14.9 Å². The Balaban J connectivity index is 2.50. The number of hydrogen-bond acceptors (Lipinski definition) is 3. The molecule has 0 spiro atoms. The molecule has 0 aliphatic carbocycles. The number of hydrogen-bond donors (Lipinski definition) is 1. The first-order valence-corrected chi connectivity index (χ1v) is 4.46. The van der Waals surface area contributed by atoms with Crippen molar-refractivity contribution in [1.29, 1.82) is 0 Å². The summed E-state index contributed by atoms with van der Waals surface area (Å²) in [6.07, 6.45) is 0.964. The molecule has 0 bridgehead atoms. The fraction of sp³-hybridized carbons (Fsp3) is 0.556. The Morgan fingerprint density at radius 1 is 1.62 bits per heavy atom. The van der Waals surface area contributed by atoms with E-state index in [0.29, 0.717) is 5.82 Å². The summed E-state index contributed by atoms with van der Waals surface area (Å²) in [7, 11) is 1.91. The van der Waals surface area contributed by atoms with Crippen LogP contribution in [-0.4, -0.2) is 21.9 Å². The summed E-state index contributed by atoms with van der Waals surface area (Å²) in [6, 6.07) is 0. The molecule has 2 heterocycles. The normalized spacial score (nSPS) is 15.5. The standard InChI is InChI=1S/C9H13N3O/c1-6(13)9-11-7-5-10-4-3-8(7)12(9)2/h10H,3-5H2,1-2H3. The van der Waals surface area contributed by atoms with Crippen LogP contribution in [0.3, 0.4) is 0 Å². The Morgan fingerprint density at radius 2 is 2.38 bits per heavy atom. The Hall–Kier alpha value is -1.16. The van der Waals surface area contributed by atoms with Crippen LogP contribution in [0.5, 0.6) is 0 Å². The number of Topliss-reactive ketones (excluding diaryl/α,β-unsaturated/α-hetero) is 1. The topological polar surface area (TPSA) is 46.9 Å². The van der Waals surface area contributed by atoms with Gasteiger partial charge in [-0.3, -0.25) is 4.79 Å². The molecule has 1 aromatic rings. The molecule has 0 atom stereocenters. The molecular weight excluding hydrogens is 166 g/mol. The molecule has 1 N–H and O–H groups in total. The SMILES string of the molecule is CC(=O)c1nc2c(n1C)CCNC2. The number of aromatic nitrogens is 2. The summed E-state index contributed by atoms with van der Waals surface area (Å²) < 4.78 is 1.92. The van der Waals surface area contributed by atoms with Gasteiger partial charge >= 0.3 is 0 Å². The van der Waals surface area contributed by atoms with Gasteiger partial charge in [-0.15, -0.1) is 0 Å². The van der Waals surface area contributed by atoms with Crippen LogP contribution < -0.4 is 5.32 Å². The summed E-state index contributed by atoms with van der Waals surface area (Å²) in [5, 5.41) is 3.23. The molecule has 0 amide bonds. The molecule has 1 aliphatic heterocycles. The smallest absolute Gasteiger partial charge is 0.195 e. The van der Waals surface area contributed by atoms with Crippen LogP contribution in [0.1, 0.15) is 28.9 Å². The van der Waals surface area contributed by atoms with E-state index in [4.69, 9.17) is 0 Å². The molecular formula is C9H13N3O. The number of rotatable bonds is 1. The van der Waals surface area contributed by atoms with Gasteiger partial charge in [-0.1, -0.05) is 0 Å². The van der Waals surface area contributed by atoms with Gasteiger partial charge in [-0.25, -0.2) is 4.98 Å². The molecule has 0 aromatic carbocycles. The van der Waals surface area contributed by atoms with E-state index >= 15 is 0 Å². The zero-order chi connectivity index (χ0) is 9.42. The summed E-state index contributed by atoms with van der Waals surface area (Å²) in [6.45, 7) is 3.32. The lowest BCUT2D eigenvalue weighted by Crippen LogP contribution is -2.24. The van der Waals surface area contributed by atoms with E-state index in [1.54, 1.807) is 6.92 Å². The number of imidazole rings is 1. The summed E-state index contributed by atoms with van der Waals surface area (Å²) >= 11 is 0. The average molecular weight is 179 g/mol. The molecule has 1 aliphatic rings. The fourth-order valence-electron chi connectivity index (χ4n) is 1.77. The van der Waals surface area contributed by atoms with E-state index < -0.39 is 0 Å². The van der Waals surface area contributed by atoms with Crippen molar-refractivity contribution in [2.45, 2.75) is 19.9 Å². The molecule has 0 saturated carbocycles. The van der Waals surface area contributed by atoms with Gasteiger partial charge in [0.05, 0.1) is 5.69 Å². The number of nitrogens with one attached hydrogen (secondary N) is 1. The van der Waals surface area contributed by atoms with Crippen LogP contribution in [0, 0.1) is 0 Å².